The number of carbonyl (C=O) groups is 2. The Hall–Kier alpha value is -1.35. The summed E-state index contributed by atoms with van der Waals surface area (Å²) < 4.78 is 0.710. The van der Waals surface area contributed by atoms with Crippen LogP contribution in [0.4, 0.5) is 9.93 Å². The number of urea groups is 1. The number of nitrogens with zero attached hydrogens (tertiary/aromatic N) is 2. The van der Waals surface area contributed by atoms with Gasteiger partial charge in [0.2, 0.25) is 11.0 Å². The molecule has 0 unspecified atom stereocenters. The van der Waals surface area contributed by atoms with Gasteiger partial charge in [-0.25, -0.2) is 4.79 Å². The van der Waals surface area contributed by atoms with Gasteiger partial charge >= 0.3 is 6.03 Å². The summed E-state index contributed by atoms with van der Waals surface area (Å²) in [6, 6.07) is -0.175. The van der Waals surface area contributed by atoms with E-state index in [-0.39, 0.29) is 17.7 Å². The predicted molar refractivity (Wildman–Crippen MR) is 79.1 cm³/mol. The lowest BCUT2D eigenvalue weighted by Crippen LogP contribution is -2.41. The third-order valence-electron chi connectivity index (χ3n) is 2.42. The highest BCUT2D eigenvalue weighted by molar-refractivity contribution is 8.01. The number of amides is 3. The molecule has 0 atom stereocenters. The maximum atomic E-state index is 11.6. The van der Waals surface area contributed by atoms with Crippen LogP contribution in [0.2, 0.25) is 0 Å². The van der Waals surface area contributed by atoms with Gasteiger partial charge in [-0.15, -0.1) is 10.2 Å². The summed E-state index contributed by atoms with van der Waals surface area (Å²) in [5.41, 5.74) is 0. The monoisotopic (exact) mass is 315 g/mol. The van der Waals surface area contributed by atoms with E-state index in [1.54, 1.807) is 0 Å². The zero-order valence-electron chi connectivity index (χ0n) is 11.1. The van der Waals surface area contributed by atoms with Gasteiger partial charge < -0.3 is 10.6 Å². The summed E-state index contributed by atoms with van der Waals surface area (Å²) in [7, 11) is 0. The number of anilines is 1. The van der Waals surface area contributed by atoms with Crippen molar-refractivity contribution in [2.75, 3.05) is 17.6 Å². The van der Waals surface area contributed by atoms with Crippen molar-refractivity contribution in [1.82, 2.24) is 20.8 Å². The van der Waals surface area contributed by atoms with Gasteiger partial charge in [0.1, 0.15) is 0 Å². The summed E-state index contributed by atoms with van der Waals surface area (Å²) in [6.07, 6.45) is 3.00. The minimum atomic E-state index is -0.416. The maximum Gasteiger partial charge on any atom is 0.321 e. The molecule has 0 spiro atoms. The third-order valence-corrected chi connectivity index (χ3v) is 4.44. The molecule has 1 aliphatic rings. The summed E-state index contributed by atoms with van der Waals surface area (Å²) in [5.74, 6) is -0.174. The number of carbonyl (C=O) groups excluding carboxylic acids is 2. The zero-order chi connectivity index (χ0) is 14.4. The van der Waals surface area contributed by atoms with Gasteiger partial charge in [0.15, 0.2) is 4.34 Å². The highest BCUT2D eigenvalue weighted by atomic mass is 32.2. The molecule has 1 aliphatic carbocycles. The van der Waals surface area contributed by atoms with Crippen molar-refractivity contribution in [1.29, 1.82) is 0 Å². The standard InChI is InChI=1S/C11H17N5O2S2/c1-2-5-12-10-15-16-11(20-10)19-6-8(17)14-9(18)13-7-3-4-7/h7H,2-6H2,1H3,(H,12,15)(H2,13,14,17,18). The molecule has 1 heterocycles. The van der Waals surface area contributed by atoms with Crippen LogP contribution in [0.15, 0.2) is 4.34 Å². The maximum absolute atomic E-state index is 11.6. The fourth-order valence-electron chi connectivity index (χ4n) is 1.31. The van der Waals surface area contributed by atoms with Gasteiger partial charge in [-0.05, 0) is 19.3 Å². The van der Waals surface area contributed by atoms with Gasteiger partial charge in [0.05, 0.1) is 5.75 Å². The van der Waals surface area contributed by atoms with Crippen LogP contribution in [-0.2, 0) is 4.79 Å². The molecule has 0 bridgehead atoms. The summed E-state index contributed by atoms with van der Waals surface area (Å²) in [5, 5.41) is 16.8. The van der Waals surface area contributed by atoms with Crippen molar-refractivity contribution in [3.8, 4) is 0 Å². The molecule has 1 fully saturated rings. The third kappa shape index (κ3) is 5.33. The Kier molecular flexibility index (Phi) is 5.60. The quantitative estimate of drug-likeness (QED) is 0.659. The van der Waals surface area contributed by atoms with Crippen LogP contribution in [0.25, 0.3) is 0 Å². The van der Waals surface area contributed by atoms with Crippen LogP contribution in [0, 0.1) is 0 Å². The summed E-state index contributed by atoms with van der Waals surface area (Å²) >= 11 is 2.68. The average Bonchev–Trinajstić information content (AvgIpc) is 3.10. The predicted octanol–water partition coefficient (Wildman–Crippen LogP) is 1.44. The average molecular weight is 315 g/mol. The SMILES string of the molecule is CCCNc1nnc(SCC(=O)NC(=O)NC2CC2)s1. The molecule has 110 valence electrons. The second-order valence-corrected chi connectivity index (χ2v) is 6.58. The van der Waals surface area contributed by atoms with Crippen molar-refractivity contribution in [2.24, 2.45) is 0 Å². The Morgan fingerprint density at radius 1 is 1.40 bits per heavy atom. The van der Waals surface area contributed by atoms with Gasteiger partial charge in [0, 0.05) is 12.6 Å². The van der Waals surface area contributed by atoms with Gasteiger partial charge in [-0.2, -0.15) is 0 Å². The van der Waals surface area contributed by atoms with E-state index in [9.17, 15) is 9.59 Å². The minimum Gasteiger partial charge on any atom is -0.360 e. The van der Waals surface area contributed by atoms with E-state index >= 15 is 0 Å². The number of hydrogen-bond acceptors (Lipinski definition) is 7. The highest BCUT2D eigenvalue weighted by Crippen LogP contribution is 2.25. The van der Waals surface area contributed by atoms with E-state index in [0.29, 0.717) is 4.34 Å². The fraction of sp³-hybridized carbons (Fsp3) is 0.636. The largest absolute Gasteiger partial charge is 0.360 e. The molecule has 0 aliphatic heterocycles. The number of nitrogens with one attached hydrogen (secondary N) is 3. The lowest BCUT2D eigenvalue weighted by atomic mass is 10.5. The molecule has 3 amide bonds. The molecule has 0 radical (unpaired) electrons. The minimum absolute atomic E-state index is 0.153. The van der Waals surface area contributed by atoms with Crippen molar-refractivity contribution in [2.45, 2.75) is 36.6 Å². The van der Waals surface area contributed by atoms with Crippen LogP contribution in [-0.4, -0.2) is 40.5 Å². The van der Waals surface area contributed by atoms with Crippen molar-refractivity contribution >= 4 is 40.2 Å². The van der Waals surface area contributed by atoms with E-state index in [2.05, 4.69) is 33.1 Å². The molecule has 7 nitrogen and oxygen atoms in total. The highest BCUT2D eigenvalue weighted by Gasteiger charge is 2.23. The smallest absolute Gasteiger partial charge is 0.321 e. The number of hydrogen-bond donors (Lipinski definition) is 3. The first-order valence-corrected chi connectivity index (χ1v) is 8.28. The first-order chi connectivity index (χ1) is 9.67. The van der Waals surface area contributed by atoms with Crippen LogP contribution >= 0.6 is 23.1 Å². The Morgan fingerprint density at radius 3 is 2.90 bits per heavy atom. The second-order valence-electron chi connectivity index (χ2n) is 4.38. The van der Waals surface area contributed by atoms with E-state index < -0.39 is 6.03 Å². The van der Waals surface area contributed by atoms with E-state index in [4.69, 9.17) is 0 Å². The van der Waals surface area contributed by atoms with E-state index in [1.807, 2.05) is 0 Å². The molecular weight excluding hydrogens is 298 g/mol. The lowest BCUT2D eigenvalue weighted by Gasteiger charge is -2.03. The molecular formula is C11H17N5O2S2. The number of imide groups is 1. The van der Waals surface area contributed by atoms with Gasteiger partial charge in [-0.1, -0.05) is 30.0 Å². The Balaban J connectivity index is 1.66. The van der Waals surface area contributed by atoms with Crippen LogP contribution < -0.4 is 16.0 Å². The molecule has 3 N–H and O–H groups in total. The Labute approximate surface area is 125 Å². The number of thioether (sulfide) groups is 1. The first-order valence-electron chi connectivity index (χ1n) is 6.48. The van der Waals surface area contributed by atoms with Crippen LogP contribution in [0.3, 0.4) is 0 Å². The van der Waals surface area contributed by atoms with E-state index in [0.717, 1.165) is 30.9 Å². The molecule has 0 aromatic carbocycles. The Bertz CT molecular complexity index is 475. The van der Waals surface area contributed by atoms with Crippen molar-refractivity contribution in [3.63, 3.8) is 0 Å². The van der Waals surface area contributed by atoms with Crippen LogP contribution in [0.1, 0.15) is 26.2 Å². The van der Waals surface area contributed by atoms with Crippen molar-refractivity contribution in [3.05, 3.63) is 0 Å². The van der Waals surface area contributed by atoms with Crippen molar-refractivity contribution < 1.29 is 9.59 Å². The zero-order valence-corrected chi connectivity index (χ0v) is 12.8. The topological polar surface area (TPSA) is 96.0 Å². The molecule has 1 aromatic rings. The number of rotatable bonds is 7. The lowest BCUT2D eigenvalue weighted by molar-refractivity contribution is -0.117. The molecule has 1 aromatic heterocycles. The summed E-state index contributed by atoms with van der Waals surface area (Å²) in [4.78, 5) is 22.9. The first kappa shape index (κ1) is 15.0. The number of aromatic nitrogens is 2. The fourth-order valence-corrected chi connectivity index (χ4v) is 2.89. The van der Waals surface area contributed by atoms with E-state index in [1.165, 1.54) is 23.1 Å². The molecule has 9 heteroatoms. The Morgan fingerprint density at radius 2 is 2.20 bits per heavy atom. The van der Waals surface area contributed by atoms with Crippen LogP contribution in [0.5, 0.6) is 0 Å². The molecule has 0 saturated heterocycles. The second kappa shape index (κ2) is 7.44. The van der Waals surface area contributed by atoms with Gasteiger partial charge in [-0.3, -0.25) is 10.1 Å². The molecule has 2 rings (SSSR count). The normalized spacial score (nSPS) is 13.8. The molecule has 1 saturated carbocycles. The van der Waals surface area contributed by atoms with Gasteiger partial charge in [0.25, 0.3) is 0 Å². The summed E-state index contributed by atoms with van der Waals surface area (Å²) in [6.45, 7) is 2.92. The molecule has 20 heavy (non-hydrogen) atoms.